The highest BCUT2D eigenvalue weighted by Crippen LogP contribution is 2.36. The molecule has 0 saturated carbocycles. The number of rotatable bonds is 3. The minimum absolute atomic E-state index is 0.198. The van der Waals surface area contributed by atoms with E-state index in [9.17, 15) is 9.90 Å². The highest BCUT2D eigenvalue weighted by atomic mass is 32.2. The average molecular weight is 283 g/mol. The maximum Gasteiger partial charge on any atom is 0.233 e. The molecule has 3 heterocycles. The summed E-state index contributed by atoms with van der Waals surface area (Å²) in [6.07, 6.45) is 3.48. The van der Waals surface area contributed by atoms with Crippen molar-refractivity contribution in [2.24, 2.45) is 0 Å². The van der Waals surface area contributed by atoms with E-state index in [0.29, 0.717) is 5.75 Å². The number of thioether (sulfide) groups is 1. The van der Waals surface area contributed by atoms with Crippen molar-refractivity contribution >= 4 is 29.0 Å². The molecule has 3 rings (SSSR count). The van der Waals surface area contributed by atoms with Crippen molar-refractivity contribution in [1.82, 2.24) is 4.90 Å². The molecule has 0 aromatic carbocycles. The minimum atomic E-state index is -0.198. The standard InChI is InChI=1S/C13H17NO2S2/c15-11-6-9-3-4-10(7-11)14(9)12(16)8-18-13-2-1-5-17-13/h1-2,5,9-11,15H,3-4,6-8H2. The quantitative estimate of drug-likeness (QED) is 0.866. The first-order valence-corrected chi connectivity index (χ1v) is 8.26. The van der Waals surface area contributed by atoms with E-state index in [4.69, 9.17) is 0 Å². The highest BCUT2D eigenvalue weighted by Gasteiger charge is 2.42. The number of aliphatic hydroxyl groups excluding tert-OH is 1. The van der Waals surface area contributed by atoms with E-state index in [1.54, 1.807) is 23.1 Å². The molecule has 2 atom stereocenters. The highest BCUT2D eigenvalue weighted by molar-refractivity contribution is 8.01. The Morgan fingerprint density at radius 3 is 2.78 bits per heavy atom. The van der Waals surface area contributed by atoms with E-state index in [1.165, 1.54) is 4.21 Å². The summed E-state index contributed by atoms with van der Waals surface area (Å²) in [5, 5.41) is 11.8. The van der Waals surface area contributed by atoms with Crippen LogP contribution in [0.15, 0.2) is 21.7 Å². The molecule has 18 heavy (non-hydrogen) atoms. The molecule has 0 radical (unpaired) electrons. The van der Waals surface area contributed by atoms with Gasteiger partial charge < -0.3 is 10.0 Å². The van der Waals surface area contributed by atoms with Gasteiger partial charge >= 0.3 is 0 Å². The molecule has 2 fully saturated rings. The first-order chi connectivity index (χ1) is 8.74. The van der Waals surface area contributed by atoms with Crippen LogP contribution in [0.25, 0.3) is 0 Å². The lowest BCUT2D eigenvalue weighted by atomic mass is 10.00. The molecule has 3 nitrogen and oxygen atoms in total. The summed E-state index contributed by atoms with van der Waals surface area (Å²) in [6.45, 7) is 0. The fourth-order valence-electron chi connectivity index (χ4n) is 3.11. The number of hydrogen-bond acceptors (Lipinski definition) is 4. The smallest absolute Gasteiger partial charge is 0.233 e. The number of nitrogens with zero attached hydrogens (tertiary/aromatic N) is 1. The SMILES string of the molecule is O=C(CSc1cccs1)N1C2CCC1CC(O)C2. The normalized spacial score (nSPS) is 30.7. The summed E-state index contributed by atoms with van der Waals surface area (Å²) in [4.78, 5) is 14.3. The number of hydrogen-bond donors (Lipinski definition) is 1. The summed E-state index contributed by atoms with van der Waals surface area (Å²) >= 11 is 3.31. The van der Waals surface area contributed by atoms with Gasteiger partial charge in [-0.2, -0.15) is 0 Å². The second-order valence-electron chi connectivity index (χ2n) is 5.03. The number of amides is 1. The van der Waals surface area contributed by atoms with Gasteiger partial charge in [-0.25, -0.2) is 0 Å². The van der Waals surface area contributed by atoms with E-state index in [1.807, 2.05) is 16.3 Å². The van der Waals surface area contributed by atoms with Crippen molar-refractivity contribution in [1.29, 1.82) is 0 Å². The molecular weight excluding hydrogens is 266 g/mol. The predicted octanol–water partition coefficient (Wildman–Crippen LogP) is 2.35. The molecule has 2 aliphatic rings. The van der Waals surface area contributed by atoms with Gasteiger partial charge in [0.25, 0.3) is 0 Å². The van der Waals surface area contributed by atoms with Gasteiger partial charge in [0.05, 0.1) is 16.1 Å². The van der Waals surface area contributed by atoms with Gasteiger partial charge in [0.2, 0.25) is 5.91 Å². The van der Waals surface area contributed by atoms with Crippen LogP contribution in [-0.4, -0.2) is 39.9 Å². The van der Waals surface area contributed by atoms with Gasteiger partial charge in [-0.15, -0.1) is 23.1 Å². The molecular formula is C13H17NO2S2. The van der Waals surface area contributed by atoms with Crippen molar-refractivity contribution in [3.63, 3.8) is 0 Å². The summed E-state index contributed by atoms with van der Waals surface area (Å²) in [7, 11) is 0. The summed E-state index contributed by atoms with van der Waals surface area (Å²) < 4.78 is 1.20. The monoisotopic (exact) mass is 283 g/mol. The number of carbonyl (C=O) groups is 1. The van der Waals surface area contributed by atoms with Crippen LogP contribution in [-0.2, 0) is 4.79 Å². The van der Waals surface area contributed by atoms with E-state index in [-0.39, 0.29) is 24.1 Å². The number of aliphatic hydroxyl groups is 1. The third-order valence-corrected chi connectivity index (χ3v) is 5.94. The van der Waals surface area contributed by atoms with Crippen LogP contribution in [0.5, 0.6) is 0 Å². The first-order valence-electron chi connectivity index (χ1n) is 6.39. The number of thiophene rings is 1. The maximum atomic E-state index is 12.3. The second kappa shape index (κ2) is 5.23. The molecule has 1 aromatic heterocycles. The molecule has 5 heteroatoms. The van der Waals surface area contributed by atoms with Gasteiger partial charge in [0.1, 0.15) is 0 Å². The van der Waals surface area contributed by atoms with Gasteiger partial charge in [-0.1, -0.05) is 6.07 Å². The molecule has 0 aliphatic carbocycles. The topological polar surface area (TPSA) is 40.5 Å². The van der Waals surface area contributed by atoms with Crippen LogP contribution >= 0.6 is 23.1 Å². The van der Waals surface area contributed by atoms with Crippen molar-refractivity contribution in [3.05, 3.63) is 17.5 Å². The molecule has 98 valence electrons. The lowest BCUT2D eigenvalue weighted by Crippen LogP contribution is -2.48. The molecule has 1 amide bonds. The van der Waals surface area contributed by atoms with E-state index in [0.717, 1.165) is 25.7 Å². The third-order valence-electron chi connectivity index (χ3n) is 3.83. The van der Waals surface area contributed by atoms with Gasteiger partial charge in [-0.3, -0.25) is 4.79 Å². The zero-order chi connectivity index (χ0) is 12.5. The Balaban J connectivity index is 1.60. The molecule has 1 aromatic rings. The maximum absolute atomic E-state index is 12.3. The van der Waals surface area contributed by atoms with Crippen LogP contribution in [0, 0.1) is 0 Å². The molecule has 2 aliphatic heterocycles. The fraction of sp³-hybridized carbons (Fsp3) is 0.615. The van der Waals surface area contributed by atoms with E-state index in [2.05, 4.69) is 6.07 Å². The van der Waals surface area contributed by atoms with Crippen LogP contribution < -0.4 is 0 Å². The zero-order valence-electron chi connectivity index (χ0n) is 10.1. The number of fused-ring (bicyclic) bond motifs is 2. The molecule has 0 spiro atoms. The van der Waals surface area contributed by atoms with Crippen LogP contribution in [0.3, 0.4) is 0 Å². The molecule has 2 bridgehead atoms. The average Bonchev–Trinajstić information content (AvgIpc) is 2.94. The Kier molecular flexibility index (Phi) is 3.63. The lowest BCUT2D eigenvalue weighted by Gasteiger charge is -2.37. The Labute approximate surface area is 115 Å². The van der Waals surface area contributed by atoms with Crippen LogP contribution in [0.2, 0.25) is 0 Å². The fourth-order valence-corrected chi connectivity index (χ4v) is 4.76. The number of carbonyl (C=O) groups excluding carboxylic acids is 1. The Hall–Kier alpha value is -0.520. The largest absolute Gasteiger partial charge is 0.393 e. The Morgan fingerprint density at radius 1 is 1.44 bits per heavy atom. The van der Waals surface area contributed by atoms with Crippen molar-refractivity contribution in [2.45, 2.75) is 48.1 Å². The van der Waals surface area contributed by atoms with Crippen molar-refractivity contribution < 1.29 is 9.90 Å². The summed E-state index contributed by atoms with van der Waals surface area (Å²) in [5.74, 6) is 0.775. The van der Waals surface area contributed by atoms with Crippen LogP contribution in [0.1, 0.15) is 25.7 Å². The second-order valence-corrected chi connectivity index (χ2v) is 7.26. The zero-order valence-corrected chi connectivity index (χ0v) is 11.8. The van der Waals surface area contributed by atoms with Gasteiger partial charge in [-0.05, 0) is 37.1 Å². The van der Waals surface area contributed by atoms with E-state index >= 15 is 0 Å². The predicted molar refractivity (Wildman–Crippen MR) is 73.9 cm³/mol. The molecule has 2 unspecified atom stereocenters. The molecule has 2 saturated heterocycles. The minimum Gasteiger partial charge on any atom is -0.393 e. The van der Waals surface area contributed by atoms with E-state index < -0.39 is 0 Å². The van der Waals surface area contributed by atoms with Crippen molar-refractivity contribution in [2.75, 3.05) is 5.75 Å². The third kappa shape index (κ3) is 2.44. The van der Waals surface area contributed by atoms with Gasteiger partial charge in [0, 0.05) is 12.1 Å². The summed E-state index contributed by atoms with van der Waals surface area (Å²) in [6, 6.07) is 4.64. The lowest BCUT2D eigenvalue weighted by molar-refractivity contribution is -0.134. The molecule has 1 N–H and O–H groups in total. The first kappa shape index (κ1) is 12.5. The van der Waals surface area contributed by atoms with Crippen molar-refractivity contribution in [3.8, 4) is 0 Å². The Bertz CT molecular complexity index is 407. The number of piperidine rings is 1. The van der Waals surface area contributed by atoms with Crippen LogP contribution in [0.4, 0.5) is 0 Å². The Morgan fingerprint density at radius 2 is 2.17 bits per heavy atom. The van der Waals surface area contributed by atoms with Gasteiger partial charge in [0.15, 0.2) is 0 Å². The summed E-state index contributed by atoms with van der Waals surface area (Å²) in [5.41, 5.74) is 0.